The number of hydrogen-bond acceptors (Lipinski definition) is 6. The van der Waals surface area contributed by atoms with Crippen LogP contribution in [-0.4, -0.2) is 27.2 Å². The van der Waals surface area contributed by atoms with E-state index in [0.29, 0.717) is 35.1 Å². The smallest absolute Gasteiger partial charge is 0.267 e. The molecule has 0 amide bonds. The Labute approximate surface area is 220 Å². The Balaban J connectivity index is 1.61. The Hall–Kier alpha value is -2.26. The van der Waals surface area contributed by atoms with Crippen molar-refractivity contribution in [3.05, 3.63) is 84.9 Å². The molecule has 8 heteroatoms. The molecule has 1 atom stereocenters. The minimum absolute atomic E-state index is 0.00757. The molecule has 5 nitrogen and oxygen atoms in total. The lowest BCUT2D eigenvalue weighted by molar-refractivity contribution is 0.00200. The minimum atomic E-state index is -0.0789. The fourth-order valence-corrected chi connectivity index (χ4v) is 6.64. The molecule has 2 aromatic carbocycles. The van der Waals surface area contributed by atoms with Gasteiger partial charge in [0.05, 0.1) is 29.5 Å². The highest BCUT2D eigenvalue weighted by Crippen LogP contribution is 2.36. The van der Waals surface area contributed by atoms with Crippen molar-refractivity contribution in [2.24, 2.45) is 5.92 Å². The van der Waals surface area contributed by atoms with Crippen LogP contribution in [0.4, 0.5) is 0 Å². The van der Waals surface area contributed by atoms with Crippen LogP contribution in [0, 0.1) is 12.8 Å². The van der Waals surface area contributed by atoms with E-state index in [2.05, 4.69) is 29.8 Å². The van der Waals surface area contributed by atoms with Gasteiger partial charge in [0.15, 0.2) is 10.9 Å². The second-order valence-corrected chi connectivity index (χ2v) is 12.0. The van der Waals surface area contributed by atoms with E-state index >= 15 is 0 Å². The third-order valence-corrected chi connectivity index (χ3v) is 8.88. The predicted molar refractivity (Wildman–Crippen MR) is 146 cm³/mol. The Kier molecular flexibility index (Phi) is 6.99. The molecule has 4 aromatic rings. The molecule has 0 N–H and O–H groups in total. The minimum Gasteiger partial charge on any atom is -0.372 e. The molecule has 0 fully saturated rings. The van der Waals surface area contributed by atoms with E-state index in [9.17, 15) is 9.59 Å². The number of fused-ring (bicyclic) bond motifs is 3. The van der Waals surface area contributed by atoms with Crippen molar-refractivity contribution in [2.45, 2.75) is 45.1 Å². The van der Waals surface area contributed by atoms with Gasteiger partial charge in [0, 0.05) is 21.3 Å². The zero-order valence-corrected chi connectivity index (χ0v) is 22.9. The molecule has 2 aromatic heterocycles. The van der Waals surface area contributed by atoms with E-state index in [4.69, 9.17) is 9.72 Å². The van der Waals surface area contributed by atoms with Gasteiger partial charge in [-0.15, -0.1) is 11.3 Å². The topological polar surface area (TPSA) is 61.2 Å². The van der Waals surface area contributed by atoms with Crippen molar-refractivity contribution in [2.75, 3.05) is 5.75 Å². The summed E-state index contributed by atoms with van der Waals surface area (Å²) in [6.45, 7) is 6.78. The summed E-state index contributed by atoms with van der Waals surface area (Å²) < 4.78 is 8.66. The van der Waals surface area contributed by atoms with Gasteiger partial charge in [-0.3, -0.25) is 14.2 Å². The number of carbonyl (C=O) groups is 1. The summed E-state index contributed by atoms with van der Waals surface area (Å²) in [5.41, 5.74) is 3.39. The van der Waals surface area contributed by atoms with Crippen molar-refractivity contribution in [1.82, 2.24) is 9.55 Å². The molecular weight excluding hydrogens is 544 g/mol. The molecule has 35 heavy (non-hydrogen) atoms. The molecular formula is C27H25BrN2O3S2. The second kappa shape index (κ2) is 10.0. The van der Waals surface area contributed by atoms with Crippen molar-refractivity contribution in [3.63, 3.8) is 0 Å². The van der Waals surface area contributed by atoms with Crippen LogP contribution < -0.4 is 5.56 Å². The van der Waals surface area contributed by atoms with Crippen LogP contribution in [0.25, 0.3) is 15.9 Å². The van der Waals surface area contributed by atoms with Crippen molar-refractivity contribution < 1.29 is 9.53 Å². The van der Waals surface area contributed by atoms with Crippen molar-refractivity contribution in [1.29, 1.82) is 0 Å². The first-order valence-electron chi connectivity index (χ1n) is 11.5. The summed E-state index contributed by atoms with van der Waals surface area (Å²) in [6.07, 6.45) is 0.802. The maximum absolute atomic E-state index is 14.0. The van der Waals surface area contributed by atoms with Gasteiger partial charge in [-0.2, -0.15) is 0 Å². The van der Waals surface area contributed by atoms with Crippen LogP contribution in [0.15, 0.2) is 63.0 Å². The molecule has 5 rings (SSSR count). The molecule has 1 aliphatic rings. The number of thioether (sulfide) groups is 1. The summed E-state index contributed by atoms with van der Waals surface area (Å²) in [7, 11) is 0. The highest BCUT2D eigenvalue weighted by Gasteiger charge is 2.29. The van der Waals surface area contributed by atoms with Crippen molar-refractivity contribution in [3.8, 4) is 5.69 Å². The van der Waals surface area contributed by atoms with Crippen LogP contribution in [0.3, 0.4) is 0 Å². The average Bonchev–Trinajstić information content (AvgIpc) is 3.21. The molecule has 0 saturated heterocycles. The van der Waals surface area contributed by atoms with E-state index in [0.717, 1.165) is 31.0 Å². The van der Waals surface area contributed by atoms with Crippen LogP contribution in [0.5, 0.6) is 0 Å². The van der Waals surface area contributed by atoms with E-state index in [1.807, 2.05) is 43.3 Å². The number of ether oxygens (including phenoxy) is 1. The lowest BCUT2D eigenvalue weighted by atomic mass is 9.96. The number of carbonyl (C=O) groups excluding carboxylic acids is 1. The summed E-state index contributed by atoms with van der Waals surface area (Å²) in [4.78, 5) is 33.7. The number of aryl methyl sites for hydroxylation is 1. The molecule has 0 radical (unpaired) electrons. The van der Waals surface area contributed by atoms with Crippen LogP contribution >= 0.6 is 39.0 Å². The number of rotatable bonds is 6. The average molecular weight is 570 g/mol. The summed E-state index contributed by atoms with van der Waals surface area (Å²) in [5.74, 6) is 0.547. The monoisotopic (exact) mass is 568 g/mol. The SMILES string of the molecule is Cc1ccccc1-n1c(SCC(=O)c2ccc(Br)cc2)nc2sc3c(c2c1=O)C[C@@H](C(C)C)OC3. The number of Topliss-reactive ketones (excluding diaryl/α,β-unsaturated/α-hetero) is 1. The second-order valence-electron chi connectivity index (χ2n) is 9.02. The number of aromatic nitrogens is 2. The first kappa shape index (κ1) is 24.4. The number of benzene rings is 2. The Bertz CT molecular complexity index is 1470. The quantitative estimate of drug-likeness (QED) is 0.149. The number of halogens is 1. The summed E-state index contributed by atoms with van der Waals surface area (Å²) in [6, 6.07) is 15.1. The molecule has 0 aliphatic carbocycles. The third kappa shape index (κ3) is 4.77. The number of hydrogen-bond donors (Lipinski definition) is 0. The van der Waals surface area contributed by atoms with Crippen LogP contribution in [0.2, 0.25) is 0 Å². The third-order valence-electron chi connectivity index (χ3n) is 6.31. The predicted octanol–water partition coefficient (Wildman–Crippen LogP) is 6.59. The van der Waals surface area contributed by atoms with Gasteiger partial charge in [0.1, 0.15) is 4.83 Å². The first-order valence-corrected chi connectivity index (χ1v) is 14.1. The van der Waals surface area contributed by atoms with Crippen LogP contribution in [0.1, 0.15) is 40.2 Å². The van der Waals surface area contributed by atoms with E-state index in [-0.39, 0.29) is 23.2 Å². The maximum atomic E-state index is 14.0. The van der Waals surface area contributed by atoms with Crippen molar-refractivity contribution >= 4 is 55.0 Å². The zero-order valence-electron chi connectivity index (χ0n) is 19.7. The fraction of sp³-hybridized carbons (Fsp3) is 0.296. The van der Waals surface area contributed by atoms with Gasteiger partial charge in [0.2, 0.25) is 0 Å². The Morgan fingerprint density at radius 3 is 2.69 bits per heavy atom. The summed E-state index contributed by atoms with van der Waals surface area (Å²) in [5, 5.41) is 1.22. The van der Waals surface area contributed by atoms with Crippen LogP contribution in [-0.2, 0) is 17.8 Å². The summed E-state index contributed by atoms with van der Waals surface area (Å²) >= 11 is 6.24. The van der Waals surface area contributed by atoms with E-state index < -0.39 is 0 Å². The van der Waals surface area contributed by atoms with Gasteiger partial charge in [-0.05, 0) is 42.2 Å². The zero-order chi connectivity index (χ0) is 24.7. The van der Waals surface area contributed by atoms with Gasteiger partial charge >= 0.3 is 0 Å². The lowest BCUT2D eigenvalue weighted by Crippen LogP contribution is -2.28. The van der Waals surface area contributed by atoms with Gasteiger partial charge < -0.3 is 4.74 Å². The highest BCUT2D eigenvalue weighted by atomic mass is 79.9. The van der Waals surface area contributed by atoms with Gasteiger partial charge in [-0.25, -0.2) is 4.98 Å². The Morgan fingerprint density at radius 2 is 1.97 bits per heavy atom. The van der Waals surface area contributed by atoms with Gasteiger partial charge in [-0.1, -0.05) is 71.9 Å². The molecule has 1 aliphatic heterocycles. The fourth-order valence-electron chi connectivity index (χ4n) is 4.31. The molecule has 0 saturated carbocycles. The lowest BCUT2D eigenvalue weighted by Gasteiger charge is -2.26. The first-order chi connectivity index (χ1) is 16.8. The normalized spacial score (nSPS) is 15.5. The molecule has 180 valence electrons. The number of ketones is 1. The molecule has 0 unspecified atom stereocenters. The number of para-hydroxylation sites is 1. The Morgan fingerprint density at radius 1 is 1.23 bits per heavy atom. The van der Waals surface area contributed by atoms with E-state index in [1.165, 1.54) is 23.1 Å². The maximum Gasteiger partial charge on any atom is 0.267 e. The molecule has 0 spiro atoms. The van der Waals surface area contributed by atoms with E-state index in [1.54, 1.807) is 16.7 Å². The standard InChI is InChI=1S/C27H25BrN2O3S2/c1-15(2)22-12-19-23(13-33-22)35-25-24(19)26(32)30(20-7-5-4-6-16(20)3)27(29-25)34-14-21(31)17-8-10-18(28)11-9-17/h4-11,15,22H,12-14H2,1-3H3/t22-/m0/s1. The number of thiophene rings is 1. The molecule has 3 heterocycles. The molecule has 0 bridgehead atoms. The van der Waals surface area contributed by atoms with Gasteiger partial charge in [0.25, 0.3) is 5.56 Å². The number of nitrogens with zero attached hydrogens (tertiary/aromatic N) is 2. The largest absolute Gasteiger partial charge is 0.372 e. The highest BCUT2D eigenvalue weighted by molar-refractivity contribution is 9.10.